The van der Waals surface area contributed by atoms with Crippen LogP contribution in [0.3, 0.4) is 0 Å². The molecule has 1 atom stereocenters. The van der Waals surface area contributed by atoms with Gasteiger partial charge in [-0.2, -0.15) is 0 Å². The van der Waals surface area contributed by atoms with Crippen LogP contribution in [0, 0.1) is 0 Å². The van der Waals surface area contributed by atoms with Gasteiger partial charge in [-0.15, -0.1) is 0 Å². The fraction of sp³-hybridized carbons (Fsp3) is 0.462. The van der Waals surface area contributed by atoms with Gasteiger partial charge in [-0.3, -0.25) is 4.79 Å². The van der Waals surface area contributed by atoms with Crippen LogP contribution in [0.1, 0.15) is 18.5 Å². The maximum absolute atomic E-state index is 11.1. The quantitative estimate of drug-likeness (QED) is 0.801. The molecule has 0 radical (unpaired) electrons. The van der Waals surface area contributed by atoms with E-state index in [1.165, 1.54) is 28.3 Å². The summed E-state index contributed by atoms with van der Waals surface area (Å²) in [4.78, 5) is 11.1. The number of aliphatic hydroxyl groups is 1. The first-order chi connectivity index (χ1) is 9.07. The summed E-state index contributed by atoms with van der Waals surface area (Å²) in [6.07, 6.45) is 0. The van der Waals surface area contributed by atoms with Crippen molar-refractivity contribution in [2.24, 2.45) is 0 Å². The summed E-state index contributed by atoms with van der Waals surface area (Å²) in [5, 5.41) is 12.0. The fourth-order valence-electron chi connectivity index (χ4n) is 1.78. The van der Waals surface area contributed by atoms with E-state index in [2.05, 4.69) is 5.32 Å². The van der Waals surface area contributed by atoms with E-state index in [4.69, 9.17) is 14.2 Å². The van der Waals surface area contributed by atoms with E-state index in [1.54, 1.807) is 12.1 Å². The lowest BCUT2D eigenvalue weighted by molar-refractivity contribution is -0.120. The molecule has 6 heteroatoms. The fourth-order valence-corrected chi connectivity index (χ4v) is 1.78. The molecule has 0 spiro atoms. The van der Waals surface area contributed by atoms with E-state index in [-0.39, 0.29) is 12.5 Å². The number of carbonyl (C=O) groups is 1. The zero-order chi connectivity index (χ0) is 14.4. The minimum Gasteiger partial charge on any atom is -0.493 e. The second-order valence-corrected chi connectivity index (χ2v) is 3.89. The first kappa shape index (κ1) is 15.1. The number of rotatable bonds is 6. The maximum atomic E-state index is 11.1. The SMILES string of the molecule is COc1cc(C(CO)NC(C)=O)cc(OC)c1OC. The van der Waals surface area contributed by atoms with E-state index in [0.717, 1.165) is 0 Å². The van der Waals surface area contributed by atoms with Crippen LogP contribution >= 0.6 is 0 Å². The molecule has 1 aromatic carbocycles. The van der Waals surface area contributed by atoms with Crippen molar-refractivity contribution in [3.8, 4) is 17.2 Å². The van der Waals surface area contributed by atoms with Crippen LogP contribution in [0.5, 0.6) is 17.2 Å². The van der Waals surface area contributed by atoms with Crippen LogP contribution in [-0.2, 0) is 4.79 Å². The standard InChI is InChI=1S/C13H19NO5/c1-8(16)14-10(7-15)9-5-11(17-2)13(19-4)12(6-9)18-3/h5-6,10,15H,7H2,1-4H3,(H,14,16). The van der Waals surface area contributed by atoms with Gasteiger partial charge in [0, 0.05) is 6.92 Å². The second-order valence-electron chi connectivity index (χ2n) is 3.89. The number of amides is 1. The summed E-state index contributed by atoms with van der Waals surface area (Å²) in [7, 11) is 4.53. The molecule has 0 aliphatic rings. The number of aliphatic hydroxyl groups excluding tert-OH is 1. The number of hydrogen-bond acceptors (Lipinski definition) is 5. The van der Waals surface area contributed by atoms with E-state index in [1.807, 2.05) is 0 Å². The molecule has 0 aliphatic carbocycles. The third-order valence-corrected chi connectivity index (χ3v) is 2.65. The highest BCUT2D eigenvalue weighted by molar-refractivity contribution is 5.73. The lowest BCUT2D eigenvalue weighted by Crippen LogP contribution is -2.28. The van der Waals surface area contributed by atoms with Crippen molar-refractivity contribution < 1.29 is 24.1 Å². The highest BCUT2D eigenvalue weighted by Gasteiger charge is 2.18. The Hall–Kier alpha value is -1.95. The normalized spacial score (nSPS) is 11.6. The van der Waals surface area contributed by atoms with E-state index >= 15 is 0 Å². The van der Waals surface area contributed by atoms with E-state index < -0.39 is 6.04 Å². The minimum atomic E-state index is -0.522. The molecular formula is C13H19NO5. The van der Waals surface area contributed by atoms with Gasteiger partial charge in [0.1, 0.15) is 0 Å². The average Bonchev–Trinajstić information content (AvgIpc) is 2.42. The lowest BCUT2D eigenvalue weighted by Gasteiger charge is -2.19. The molecule has 0 saturated carbocycles. The highest BCUT2D eigenvalue weighted by Crippen LogP contribution is 2.39. The van der Waals surface area contributed by atoms with Gasteiger partial charge in [-0.05, 0) is 17.7 Å². The van der Waals surface area contributed by atoms with Crippen LogP contribution in [0.15, 0.2) is 12.1 Å². The van der Waals surface area contributed by atoms with Crippen molar-refractivity contribution in [2.75, 3.05) is 27.9 Å². The molecule has 1 aromatic rings. The van der Waals surface area contributed by atoms with Gasteiger partial charge in [0.25, 0.3) is 0 Å². The molecular weight excluding hydrogens is 250 g/mol. The summed E-state index contributed by atoms with van der Waals surface area (Å²) in [5.74, 6) is 1.18. The Labute approximate surface area is 112 Å². The summed E-state index contributed by atoms with van der Waals surface area (Å²) >= 11 is 0. The summed E-state index contributed by atoms with van der Waals surface area (Å²) in [6, 6.07) is 2.86. The molecule has 0 bridgehead atoms. The number of carbonyl (C=O) groups excluding carboxylic acids is 1. The molecule has 19 heavy (non-hydrogen) atoms. The van der Waals surface area contributed by atoms with Gasteiger partial charge in [-0.25, -0.2) is 0 Å². The smallest absolute Gasteiger partial charge is 0.217 e. The molecule has 0 fully saturated rings. The van der Waals surface area contributed by atoms with Gasteiger partial charge in [0.05, 0.1) is 34.0 Å². The number of hydrogen-bond donors (Lipinski definition) is 2. The van der Waals surface area contributed by atoms with Gasteiger partial charge >= 0.3 is 0 Å². The van der Waals surface area contributed by atoms with Gasteiger partial charge in [-0.1, -0.05) is 0 Å². The molecule has 0 aliphatic heterocycles. The van der Waals surface area contributed by atoms with Crippen molar-refractivity contribution in [3.63, 3.8) is 0 Å². The molecule has 1 rings (SSSR count). The molecule has 0 aromatic heterocycles. The van der Waals surface area contributed by atoms with Crippen molar-refractivity contribution in [1.29, 1.82) is 0 Å². The van der Waals surface area contributed by atoms with Crippen molar-refractivity contribution in [1.82, 2.24) is 5.32 Å². The van der Waals surface area contributed by atoms with E-state index in [9.17, 15) is 9.90 Å². The molecule has 1 unspecified atom stereocenters. The first-order valence-corrected chi connectivity index (χ1v) is 5.75. The Morgan fingerprint density at radius 1 is 1.21 bits per heavy atom. The summed E-state index contributed by atoms with van der Waals surface area (Å²) < 4.78 is 15.6. The monoisotopic (exact) mass is 269 g/mol. The zero-order valence-electron chi connectivity index (χ0n) is 11.5. The lowest BCUT2D eigenvalue weighted by atomic mass is 10.1. The predicted octanol–water partition coefficient (Wildman–Crippen LogP) is 0.882. The number of ether oxygens (including phenoxy) is 3. The third-order valence-electron chi connectivity index (χ3n) is 2.65. The van der Waals surface area contributed by atoms with Gasteiger partial charge < -0.3 is 24.6 Å². The molecule has 2 N–H and O–H groups in total. The third kappa shape index (κ3) is 3.51. The molecule has 106 valence electrons. The van der Waals surface area contributed by atoms with E-state index in [0.29, 0.717) is 22.8 Å². The minimum absolute atomic E-state index is 0.224. The Kier molecular flexibility index (Phi) is 5.44. The zero-order valence-corrected chi connectivity index (χ0v) is 11.5. The number of benzene rings is 1. The average molecular weight is 269 g/mol. The first-order valence-electron chi connectivity index (χ1n) is 5.75. The largest absolute Gasteiger partial charge is 0.493 e. The Balaban J connectivity index is 3.24. The maximum Gasteiger partial charge on any atom is 0.217 e. The van der Waals surface area contributed by atoms with Crippen molar-refractivity contribution in [3.05, 3.63) is 17.7 Å². The highest BCUT2D eigenvalue weighted by atomic mass is 16.5. The van der Waals surface area contributed by atoms with Crippen molar-refractivity contribution >= 4 is 5.91 Å². The van der Waals surface area contributed by atoms with Crippen LogP contribution in [0.4, 0.5) is 0 Å². The molecule has 1 amide bonds. The predicted molar refractivity (Wildman–Crippen MR) is 69.7 cm³/mol. The number of methoxy groups -OCH3 is 3. The Bertz CT molecular complexity index is 422. The number of nitrogens with one attached hydrogen (secondary N) is 1. The van der Waals surface area contributed by atoms with Crippen LogP contribution in [-0.4, -0.2) is 38.9 Å². The Morgan fingerprint density at radius 2 is 1.74 bits per heavy atom. The van der Waals surface area contributed by atoms with Crippen LogP contribution < -0.4 is 19.5 Å². The Morgan fingerprint density at radius 3 is 2.05 bits per heavy atom. The second kappa shape index (κ2) is 6.84. The molecule has 0 heterocycles. The van der Waals surface area contributed by atoms with Crippen LogP contribution in [0.25, 0.3) is 0 Å². The van der Waals surface area contributed by atoms with Crippen molar-refractivity contribution in [2.45, 2.75) is 13.0 Å². The van der Waals surface area contributed by atoms with Crippen LogP contribution in [0.2, 0.25) is 0 Å². The summed E-state index contributed by atoms with van der Waals surface area (Å²) in [6.45, 7) is 1.17. The molecule has 6 nitrogen and oxygen atoms in total. The van der Waals surface area contributed by atoms with Gasteiger partial charge in [0.15, 0.2) is 11.5 Å². The van der Waals surface area contributed by atoms with Gasteiger partial charge in [0.2, 0.25) is 11.7 Å². The summed E-state index contributed by atoms with van der Waals surface area (Å²) in [5.41, 5.74) is 0.673. The molecule has 0 saturated heterocycles. The topological polar surface area (TPSA) is 77.0 Å².